The first-order valence-corrected chi connectivity index (χ1v) is 22.8. The predicted octanol–water partition coefficient (Wildman–Crippen LogP) is 14.4. The molecule has 1 amide bonds. The van der Waals surface area contributed by atoms with Crippen LogP contribution in [0.15, 0.2) is 118 Å². The second-order valence-corrected chi connectivity index (χ2v) is 17.9. The van der Waals surface area contributed by atoms with E-state index >= 15 is 0 Å². The number of anilines is 1. The van der Waals surface area contributed by atoms with E-state index in [2.05, 4.69) is 26.0 Å². The highest BCUT2D eigenvalue weighted by molar-refractivity contribution is 7.51. The maximum absolute atomic E-state index is 14.9. The fourth-order valence-electron chi connectivity index (χ4n) is 8.22. The molecule has 0 bridgehead atoms. The number of fused-ring (bicyclic) bond motifs is 5. The first kappa shape index (κ1) is 41.7. The number of hydrogen-bond acceptors (Lipinski definition) is 9. The Bertz CT molecular complexity index is 3160. The largest absolute Gasteiger partial charge is 0.497 e. The van der Waals surface area contributed by atoms with Crippen LogP contribution in [0.1, 0.15) is 50.7 Å². The molecule has 63 heavy (non-hydrogen) atoms. The smallest absolute Gasteiger partial charge is 0.453 e. The van der Waals surface area contributed by atoms with Crippen LogP contribution in [0.25, 0.3) is 43.8 Å². The van der Waals surface area contributed by atoms with Crippen LogP contribution in [-0.2, 0) is 6.42 Å². The van der Waals surface area contributed by atoms with E-state index in [4.69, 9.17) is 36.2 Å². The van der Waals surface area contributed by atoms with Crippen molar-refractivity contribution >= 4 is 61.1 Å². The number of ether oxygens (including phenoxy) is 3. The quantitative estimate of drug-likeness (QED) is 0.124. The highest BCUT2D eigenvalue weighted by Crippen LogP contribution is 2.57. The first-order valence-electron chi connectivity index (χ1n) is 20.6. The van der Waals surface area contributed by atoms with Crippen molar-refractivity contribution < 1.29 is 41.0 Å². The number of methoxy groups -OCH3 is 3. The van der Waals surface area contributed by atoms with Gasteiger partial charge in [-0.05, 0) is 146 Å². The van der Waals surface area contributed by atoms with Crippen LogP contribution in [0.2, 0.25) is 0 Å². The Balaban J connectivity index is 1.24. The minimum atomic E-state index is -2.13. The Labute approximate surface area is 368 Å². The van der Waals surface area contributed by atoms with Gasteiger partial charge in [0.1, 0.15) is 45.7 Å². The molecule has 0 N–H and O–H groups in total. The van der Waals surface area contributed by atoms with Crippen molar-refractivity contribution in [1.82, 2.24) is 0 Å². The SMILES string of the molecule is CCc1ccccc1N1C(=O)c2cc3ccccc3cc2OP1Oc1c(C)cc(OC)cc1-c1cc(OC)cc(C)c1Op1oc2c(C)cc(C)cc2c2cc(OC)cc(C)c2o1. The molecule has 12 heteroatoms. The Morgan fingerprint density at radius 3 is 1.75 bits per heavy atom. The molecular formula is C51H47NO9P2. The van der Waals surface area contributed by atoms with Crippen LogP contribution in [0.5, 0.6) is 34.5 Å². The number of para-hydroxylation sites is 1. The van der Waals surface area contributed by atoms with E-state index in [1.807, 2.05) is 125 Å². The minimum Gasteiger partial charge on any atom is -0.497 e. The number of aryl methyl sites for hydroxylation is 6. The van der Waals surface area contributed by atoms with Crippen LogP contribution < -0.4 is 32.5 Å². The summed E-state index contributed by atoms with van der Waals surface area (Å²) < 4.78 is 53.6. The van der Waals surface area contributed by atoms with Crippen LogP contribution in [0, 0.1) is 34.6 Å². The summed E-state index contributed by atoms with van der Waals surface area (Å²) in [4.78, 5) is 14.9. The second kappa shape index (κ2) is 16.9. The van der Waals surface area contributed by atoms with Crippen molar-refractivity contribution in [3.05, 3.63) is 148 Å². The standard InChI is InChI=1S/C51H47NO9P2/c1-10-34-15-13-14-18-45(34)52-51(53)44-24-35-16-11-12-17-36(35)25-46(44)57-62(52)58-47-31(4)21-37(54-7)27-42(47)43-28-39(56-9)23-33(6)50(43)61-63-59-48-30(3)19-29(2)20-40(48)41-26-38(55-8)22-32(5)49(41)60-63/h11-28H,10H2,1-9H3. The number of rotatable bonds is 10. The molecule has 10 nitrogen and oxygen atoms in total. The molecule has 320 valence electrons. The second-order valence-electron chi connectivity index (χ2n) is 15.6. The highest BCUT2D eigenvalue weighted by Gasteiger charge is 2.41. The van der Waals surface area contributed by atoms with E-state index in [1.165, 1.54) is 0 Å². The lowest BCUT2D eigenvalue weighted by molar-refractivity contribution is 0.0995. The molecule has 0 radical (unpaired) electrons. The third kappa shape index (κ3) is 7.68. The van der Waals surface area contributed by atoms with Gasteiger partial charge in [0.05, 0.1) is 32.6 Å². The fraction of sp³-hybridized carbons (Fsp3) is 0.196. The maximum Gasteiger partial charge on any atom is 0.453 e. The fourth-order valence-corrected chi connectivity index (χ4v) is 11.1. The molecule has 8 aromatic rings. The van der Waals surface area contributed by atoms with Crippen molar-refractivity contribution in [3.8, 4) is 45.6 Å². The summed E-state index contributed by atoms with van der Waals surface area (Å²) in [7, 11) is 0.663. The Morgan fingerprint density at radius 2 is 1.11 bits per heavy atom. The summed E-state index contributed by atoms with van der Waals surface area (Å²) in [5.74, 6) is 3.08. The van der Waals surface area contributed by atoms with Crippen LogP contribution >= 0.6 is 16.8 Å². The van der Waals surface area contributed by atoms with Crippen LogP contribution in [0.4, 0.5) is 5.69 Å². The molecule has 0 saturated carbocycles. The molecule has 2 heterocycles. The molecule has 1 aliphatic rings. The normalized spacial score (nSPS) is 13.8. The minimum absolute atomic E-state index is 0.215. The van der Waals surface area contributed by atoms with Crippen molar-refractivity contribution in [1.29, 1.82) is 0 Å². The maximum atomic E-state index is 14.9. The predicted molar refractivity (Wildman–Crippen MR) is 252 cm³/mol. The average molecular weight is 880 g/mol. The monoisotopic (exact) mass is 879 g/mol. The third-order valence-corrected chi connectivity index (χ3v) is 13.7. The lowest BCUT2D eigenvalue weighted by Crippen LogP contribution is -2.34. The van der Waals surface area contributed by atoms with Gasteiger partial charge in [-0.25, -0.2) is 4.67 Å². The molecule has 0 aliphatic carbocycles. The van der Waals surface area contributed by atoms with Gasteiger partial charge in [-0.3, -0.25) is 4.79 Å². The van der Waals surface area contributed by atoms with Gasteiger partial charge in [-0.2, -0.15) is 0 Å². The van der Waals surface area contributed by atoms with Gasteiger partial charge in [-0.15, -0.1) is 0 Å². The number of carbonyl (C=O) groups is 1. The Hall–Kier alpha value is -6.60. The van der Waals surface area contributed by atoms with E-state index in [0.717, 1.165) is 54.9 Å². The van der Waals surface area contributed by atoms with Crippen molar-refractivity contribution in [2.75, 3.05) is 26.0 Å². The van der Waals surface area contributed by atoms with Gasteiger partial charge in [0.15, 0.2) is 0 Å². The van der Waals surface area contributed by atoms with Crippen LogP contribution in [-0.4, -0.2) is 27.2 Å². The molecule has 2 unspecified atom stereocenters. The van der Waals surface area contributed by atoms with E-state index in [9.17, 15) is 4.79 Å². The van der Waals surface area contributed by atoms with E-state index in [0.29, 0.717) is 74.5 Å². The van der Waals surface area contributed by atoms with Gasteiger partial charge in [0.25, 0.3) is 5.91 Å². The Morgan fingerprint density at radius 1 is 0.571 bits per heavy atom. The lowest BCUT2D eigenvalue weighted by atomic mass is 9.98. The van der Waals surface area contributed by atoms with Gasteiger partial charge in [0, 0.05) is 21.9 Å². The van der Waals surface area contributed by atoms with Gasteiger partial charge < -0.3 is 36.2 Å². The molecule has 7 aromatic carbocycles. The number of nitrogens with zero attached hydrogens (tertiary/aromatic N) is 1. The molecule has 2 atom stereocenters. The topological polar surface area (TPSA) is 102 Å². The highest BCUT2D eigenvalue weighted by atomic mass is 31.2. The van der Waals surface area contributed by atoms with Crippen molar-refractivity contribution in [2.45, 2.75) is 48.0 Å². The molecular weight excluding hydrogens is 833 g/mol. The zero-order valence-electron chi connectivity index (χ0n) is 36.6. The van der Waals surface area contributed by atoms with Gasteiger partial charge >= 0.3 is 16.8 Å². The zero-order chi connectivity index (χ0) is 44.1. The summed E-state index contributed by atoms with van der Waals surface area (Å²) in [5, 5.41) is 3.62. The molecule has 0 spiro atoms. The number of benzene rings is 7. The number of carbonyl (C=O) groups excluding carboxylic acids is 1. The molecule has 9 rings (SSSR count). The molecule has 0 fully saturated rings. The summed E-state index contributed by atoms with van der Waals surface area (Å²) >= 11 is 0. The zero-order valence-corrected chi connectivity index (χ0v) is 38.4. The molecule has 1 aliphatic heterocycles. The third-order valence-electron chi connectivity index (χ3n) is 11.3. The van der Waals surface area contributed by atoms with E-state index in [-0.39, 0.29) is 5.91 Å². The first-order chi connectivity index (χ1) is 30.5. The summed E-state index contributed by atoms with van der Waals surface area (Å²) in [6.07, 6.45) is 0.693. The van der Waals surface area contributed by atoms with Gasteiger partial charge in [0.2, 0.25) is 0 Å². The van der Waals surface area contributed by atoms with Crippen molar-refractivity contribution in [3.63, 3.8) is 0 Å². The average Bonchev–Trinajstić information content (AvgIpc) is 3.44. The number of hydrogen-bond donors (Lipinski definition) is 0. The lowest BCUT2D eigenvalue weighted by Gasteiger charge is -2.35. The Kier molecular flexibility index (Phi) is 11.2. The van der Waals surface area contributed by atoms with Crippen molar-refractivity contribution in [2.24, 2.45) is 0 Å². The molecule has 1 aromatic heterocycles. The van der Waals surface area contributed by atoms with E-state index < -0.39 is 16.8 Å². The summed E-state index contributed by atoms with van der Waals surface area (Å²) in [6.45, 7) is 12.0. The van der Waals surface area contributed by atoms with Gasteiger partial charge in [-0.1, -0.05) is 55.5 Å². The molecule has 0 saturated heterocycles. The van der Waals surface area contributed by atoms with Crippen LogP contribution in [0.3, 0.4) is 0 Å². The summed E-state index contributed by atoms with van der Waals surface area (Å²) in [5.41, 5.74) is 9.10. The van der Waals surface area contributed by atoms with E-state index in [1.54, 1.807) is 26.0 Å². The summed E-state index contributed by atoms with van der Waals surface area (Å²) in [6, 6.07) is 35.3. The number of amides is 1.